The fourth-order valence-corrected chi connectivity index (χ4v) is 1.77. The highest BCUT2D eigenvalue weighted by Crippen LogP contribution is 2.24. The molecule has 0 aliphatic heterocycles. The van der Waals surface area contributed by atoms with Crippen LogP contribution in [0.4, 0.5) is 4.39 Å². The van der Waals surface area contributed by atoms with Crippen molar-refractivity contribution in [2.45, 2.75) is 0 Å². The third kappa shape index (κ3) is 1.37. The normalized spacial score (nSPS) is 10.8. The number of halogens is 1. The summed E-state index contributed by atoms with van der Waals surface area (Å²) in [7, 11) is 0. The summed E-state index contributed by atoms with van der Waals surface area (Å²) in [6.07, 6.45) is 1.46. The molecule has 0 radical (unpaired) electrons. The number of pyridine rings is 1. The second-order valence-electron chi connectivity index (χ2n) is 3.60. The minimum Gasteiger partial charge on any atom is -0.339 e. The van der Waals surface area contributed by atoms with Gasteiger partial charge in [-0.3, -0.25) is 0 Å². The van der Waals surface area contributed by atoms with Crippen molar-refractivity contribution in [1.82, 2.24) is 9.97 Å². The molecule has 0 aliphatic rings. The Balaban J connectivity index is 2.23. The molecule has 0 amide bonds. The number of fused-ring (bicyclic) bond motifs is 1. The Hall–Kier alpha value is -2.16. The zero-order chi connectivity index (χ0) is 11.0. The summed E-state index contributed by atoms with van der Waals surface area (Å²) >= 11 is 0. The minimum atomic E-state index is -0.247. The van der Waals surface area contributed by atoms with Gasteiger partial charge in [-0.05, 0) is 17.7 Å². The van der Waals surface area contributed by atoms with Crippen LogP contribution < -0.4 is 0 Å². The highest BCUT2D eigenvalue weighted by atomic mass is 19.1. The molecule has 3 rings (SSSR count). The fraction of sp³-hybridized carbons (Fsp3) is 0. The summed E-state index contributed by atoms with van der Waals surface area (Å²) in [4.78, 5) is 7.19. The van der Waals surface area contributed by atoms with Gasteiger partial charge in [-0.15, -0.1) is 0 Å². The first-order valence-corrected chi connectivity index (χ1v) is 5.03. The summed E-state index contributed by atoms with van der Waals surface area (Å²) in [5.41, 5.74) is 2.49. The lowest BCUT2D eigenvalue weighted by molar-refractivity contribution is 0.638. The predicted molar refractivity (Wildman–Crippen MR) is 61.5 cm³/mol. The van der Waals surface area contributed by atoms with Gasteiger partial charge in [-0.2, -0.15) is 0 Å². The molecule has 0 saturated heterocycles. The molecule has 16 heavy (non-hydrogen) atoms. The monoisotopic (exact) mass is 212 g/mol. The maximum atomic E-state index is 13.5. The lowest BCUT2D eigenvalue weighted by atomic mass is 10.1. The van der Waals surface area contributed by atoms with Gasteiger partial charge in [0.15, 0.2) is 0 Å². The van der Waals surface area contributed by atoms with E-state index in [0.717, 1.165) is 11.3 Å². The number of rotatable bonds is 1. The van der Waals surface area contributed by atoms with Gasteiger partial charge in [0.2, 0.25) is 0 Å². The van der Waals surface area contributed by atoms with Crippen molar-refractivity contribution in [2.75, 3.05) is 0 Å². The van der Waals surface area contributed by atoms with Crippen LogP contribution in [0.2, 0.25) is 0 Å². The van der Waals surface area contributed by atoms with Crippen molar-refractivity contribution in [3.8, 4) is 11.3 Å². The van der Waals surface area contributed by atoms with Gasteiger partial charge < -0.3 is 4.98 Å². The van der Waals surface area contributed by atoms with E-state index in [2.05, 4.69) is 9.97 Å². The SMILES string of the molecule is Fc1ccnc2[nH]c(-c3ccccc3)cc12. The standard InChI is InChI=1S/C13H9FN2/c14-11-6-7-15-13-10(11)8-12(16-13)9-4-2-1-3-5-9/h1-8H,(H,15,16). The molecule has 0 bridgehead atoms. The van der Waals surface area contributed by atoms with Crippen molar-refractivity contribution >= 4 is 11.0 Å². The average Bonchev–Trinajstić information content (AvgIpc) is 2.76. The Morgan fingerprint density at radius 2 is 1.88 bits per heavy atom. The molecule has 0 atom stereocenters. The molecule has 2 nitrogen and oxygen atoms in total. The van der Waals surface area contributed by atoms with Crippen LogP contribution >= 0.6 is 0 Å². The van der Waals surface area contributed by atoms with E-state index < -0.39 is 0 Å². The molecule has 3 heteroatoms. The van der Waals surface area contributed by atoms with Crippen molar-refractivity contribution in [3.05, 3.63) is 54.5 Å². The summed E-state index contributed by atoms with van der Waals surface area (Å²) in [6.45, 7) is 0. The van der Waals surface area contributed by atoms with E-state index in [9.17, 15) is 4.39 Å². The third-order valence-electron chi connectivity index (χ3n) is 2.56. The van der Waals surface area contributed by atoms with Gasteiger partial charge in [0, 0.05) is 11.9 Å². The molecule has 2 aromatic heterocycles. The van der Waals surface area contributed by atoms with Gasteiger partial charge in [-0.25, -0.2) is 9.37 Å². The minimum absolute atomic E-state index is 0.247. The van der Waals surface area contributed by atoms with E-state index in [1.807, 2.05) is 30.3 Å². The first-order chi connectivity index (χ1) is 7.84. The van der Waals surface area contributed by atoms with E-state index in [4.69, 9.17) is 0 Å². The highest BCUT2D eigenvalue weighted by molar-refractivity contribution is 5.83. The summed E-state index contributed by atoms with van der Waals surface area (Å²) in [5, 5.41) is 0.529. The number of aromatic nitrogens is 2. The molecule has 3 aromatic rings. The Kier molecular flexibility index (Phi) is 1.96. The van der Waals surface area contributed by atoms with Gasteiger partial charge in [0.25, 0.3) is 0 Å². The van der Waals surface area contributed by atoms with Gasteiger partial charge >= 0.3 is 0 Å². The lowest BCUT2D eigenvalue weighted by Gasteiger charge is -1.94. The lowest BCUT2D eigenvalue weighted by Crippen LogP contribution is -1.78. The van der Waals surface area contributed by atoms with Crippen molar-refractivity contribution in [1.29, 1.82) is 0 Å². The number of hydrogen-bond donors (Lipinski definition) is 1. The predicted octanol–water partition coefficient (Wildman–Crippen LogP) is 3.37. The maximum Gasteiger partial charge on any atom is 0.140 e. The Labute approximate surface area is 91.8 Å². The average molecular weight is 212 g/mol. The third-order valence-corrected chi connectivity index (χ3v) is 2.56. The van der Waals surface area contributed by atoms with Crippen LogP contribution in [-0.4, -0.2) is 9.97 Å². The van der Waals surface area contributed by atoms with Crippen LogP contribution in [0.1, 0.15) is 0 Å². The Morgan fingerprint density at radius 1 is 1.06 bits per heavy atom. The van der Waals surface area contributed by atoms with Gasteiger partial charge in [-0.1, -0.05) is 30.3 Å². The Morgan fingerprint density at radius 3 is 2.62 bits per heavy atom. The van der Waals surface area contributed by atoms with Crippen molar-refractivity contribution in [3.63, 3.8) is 0 Å². The molecule has 1 N–H and O–H groups in total. The molecule has 2 heterocycles. The molecule has 0 aliphatic carbocycles. The molecule has 78 valence electrons. The molecular weight excluding hydrogens is 203 g/mol. The highest BCUT2D eigenvalue weighted by Gasteiger charge is 2.06. The number of aromatic amines is 1. The zero-order valence-electron chi connectivity index (χ0n) is 8.44. The van der Waals surface area contributed by atoms with Gasteiger partial charge in [0.1, 0.15) is 11.5 Å². The maximum absolute atomic E-state index is 13.5. The summed E-state index contributed by atoms with van der Waals surface area (Å²) in [5.74, 6) is -0.247. The van der Waals surface area contributed by atoms with E-state index in [0.29, 0.717) is 11.0 Å². The zero-order valence-corrected chi connectivity index (χ0v) is 8.44. The number of benzene rings is 1. The smallest absolute Gasteiger partial charge is 0.140 e. The number of nitrogens with zero attached hydrogens (tertiary/aromatic N) is 1. The van der Waals surface area contributed by atoms with Crippen LogP contribution in [0.25, 0.3) is 22.3 Å². The molecule has 0 fully saturated rings. The molecule has 0 unspecified atom stereocenters. The largest absolute Gasteiger partial charge is 0.339 e. The summed E-state index contributed by atoms with van der Waals surface area (Å²) < 4.78 is 13.5. The number of nitrogens with one attached hydrogen (secondary N) is 1. The summed E-state index contributed by atoms with van der Waals surface area (Å²) in [6, 6.07) is 12.9. The van der Waals surface area contributed by atoms with Crippen LogP contribution in [-0.2, 0) is 0 Å². The number of hydrogen-bond acceptors (Lipinski definition) is 1. The molecular formula is C13H9FN2. The number of H-pyrrole nitrogens is 1. The molecule has 0 saturated carbocycles. The second-order valence-corrected chi connectivity index (χ2v) is 3.60. The first kappa shape index (κ1) is 9.09. The Bertz CT molecular complexity index is 629. The van der Waals surface area contributed by atoms with Crippen LogP contribution in [0.3, 0.4) is 0 Å². The fourth-order valence-electron chi connectivity index (χ4n) is 1.77. The first-order valence-electron chi connectivity index (χ1n) is 5.03. The van der Waals surface area contributed by atoms with Crippen LogP contribution in [0, 0.1) is 5.82 Å². The van der Waals surface area contributed by atoms with Gasteiger partial charge in [0.05, 0.1) is 5.39 Å². The van der Waals surface area contributed by atoms with Crippen molar-refractivity contribution < 1.29 is 4.39 Å². The van der Waals surface area contributed by atoms with Crippen molar-refractivity contribution in [2.24, 2.45) is 0 Å². The van der Waals surface area contributed by atoms with E-state index >= 15 is 0 Å². The van der Waals surface area contributed by atoms with E-state index in [1.54, 1.807) is 6.07 Å². The van der Waals surface area contributed by atoms with Crippen LogP contribution in [0.5, 0.6) is 0 Å². The van der Waals surface area contributed by atoms with Crippen LogP contribution in [0.15, 0.2) is 48.7 Å². The topological polar surface area (TPSA) is 28.7 Å². The van der Waals surface area contributed by atoms with E-state index in [1.165, 1.54) is 12.3 Å². The quantitative estimate of drug-likeness (QED) is 0.658. The van der Waals surface area contributed by atoms with E-state index in [-0.39, 0.29) is 5.82 Å². The molecule has 0 spiro atoms. The molecule has 1 aromatic carbocycles. The second kappa shape index (κ2) is 3.45.